The molecular weight excluding hydrogens is 290 g/mol. The third-order valence-electron chi connectivity index (χ3n) is 3.06. The van der Waals surface area contributed by atoms with Gasteiger partial charge in [0.15, 0.2) is 5.58 Å². The molecule has 0 saturated heterocycles. The highest BCUT2D eigenvalue weighted by molar-refractivity contribution is 7.12. The molecule has 0 fully saturated rings. The summed E-state index contributed by atoms with van der Waals surface area (Å²) < 4.78 is 5.52. The van der Waals surface area contributed by atoms with Gasteiger partial charge in [-0.25, -0.2) is 0 Å². The second kappa shape index (κ2) is 5.53. The molecule has 0 saturated carbocycles. The van der Waals surface area contributed by atoms with E-state index < -0.39 is 4.92 Å². The van der Waals surface area contributed by atoms with Gasteiger partial charge >= 0.3 is 0 Å². The standard InChI is InChI=1S/C14H13N3O3S/c1-2-10-4-5-11(21-10)8-15-14-16-12-7-9(17(18)19)3-6-13(12)20-14/h3-7H,2,8H2,1H3,(H,15,16). The number of fused-ring (bicyclic) bond motifs is 1. The number of aryl methyl sites for hydroxylation is 1. The van der Waals surface area contributed by atoms with E-state index in [9.17, 15) is 10.1 Å². The zero-order valence-electron chi connectivity index (χ0n) is 11.3. The molecular formula is C14H13N3O3S. The van der Waals surface area contributed by atoms with Gasteiger partial charge in [-0.15, -0.1) is 11.3 Å². The SMILES string of the molecule is CCc1ccc(CNc2nc3cc([N+](=O)[O-])ccc3o2)s1. The topological polar surface area (TPSA) is 81.2 Å². The van der Waals surface area contributed by atoms with E-state index in [2.05, 4.69) is 29.4 Å². The van der Waals surface area contributed by atoms with E-state index in [-0.39, 0.29) is 5.69 Å². The molecule has 2 aromatic heterocycles. The van der Waals surface area contributed by atoms with Crippen LogP contribution in [0.5, 0.6) is 0 Å². The molecule has 0 atom stereocenters. The fourth-order valence-corrected chi connectivity index (χ4v) is 2.87. The summed E-state index contributed by atoms with van der Waals surface area (Å²) in [4.78, 5) is 17.0. The zero-order valence-corrected chi connectivity index (χ0v) is 12.1. The van der Waals surface area contributed by atoms with Gasteiger partial charge in [-0.05, 0) is 24.6 Å². The number of nitrogens with zero attached hydrogens (tertiary/aromatic N) is 2. The molecule has 3 aromatic rings. The molecule has 0 amide bonds. The first-order valence-corrected chi connectivity index (χ1v) is 7.34. The highest BCUT2D eigenvalue weighted by Gasteiger charge is 2.11. The number of nitro benzene ring substituents is 1. The summed E-state index contributed by atoms with van der Waals surface area (Å²) in [5.74, 6) is 0. The van der Waals surface area contributed by atoms with E-state index in [0.29, 0.717) is 23.7 Å². The summed E-state index contributed by atoms with van der Waals surface area (Å²) in [5, 5.41) is 13.8. The van der Waals surface area contributed by atoms with Gasteiger partial charge in [0, 0.05) is 21.9 Å². The number of rotatable bonds is 5. The summed E-state index contributed by atoms with van der Waals surface area (Å²) >= 11 is 1.74. The molecule has 2 heterocycles. The van der Waals surface area contributed by atoms with E-state index in [1.165, 1.54) is 21.9 Å². The largest absolute Gasteiger partial charge is 0.424 e. The van der Waals surface area contributed by atoms with Crippen LogP contribution in [-0.2, 0) is 13.0 Å². The first kappa shape index (κ1) is 13.6. The van der Waals surface area contributed by atoms with Crippen molar-refractivity contribution < 1.29 is 9.34 Å². The number of nitro groups is 1. The van der Waals surface area contributed by atoms with Gasteiger partial charge in [-0.2, -0.15) is 4.98 Å². The van der Waals surface area contributed by atoms with Gasteiger partial charge in [0.1, 0.15) is 5.52 Å². The van der Waals surface area contributed by atoms with Crippen LogP contribution in [0.25, 0.3) is 11.1 Å². The number of non-ortho nitro benzene ring substituents is 1. The molecule has 0 unspecified atom stereocenters. The number of aromatic nitrogens is 1. The van der Waals surface area contributed by atoms with Gasteiger partial charge in [0.2, 0.25) is 0 Å². The van der Waals surface area contributed by atoms with Gasteiger partial charge in [-0.3, -0.25) is 10.1 Å². The first-order chi connectivity index (χ1) is 10.2. The average molecular weight is 303 g/mol. The van der Waals surface area contributed by atoms with Crippen molar-refractivity contribution in [2.24, 2.45) is 0 Å². The number of oxazole rings is 1. The maximum absolute atomic E-state index is 10.7. The monoisotopic (exact) mass is 303 g/mol. The number of anilines is 1. The smallest absolute Gasteiger partial charge is 0.295 e. The van der Waals surface area contributed by atoms with Crippen LogP contribution >= 0.6 is 11.3 Å². The Labute approximate surface area is 124 Å². The summed E-state index contributed by atoms with van der Waals surface area (Å²) in [7, 11) is 0. The third kappa shape index (κ3) is 2.87. The first-order valence-electron chi connectivity index (χ1n) is 6.52. The summed E-state index contributed by atoms with van der Waals surface area (Å²) in [5.41, 5.74) is 1.02. The third-order valence-corrected chi connectivity index (χ3v) is 4.29. The number of hydrogen-bond acceptors (Lipinski definition) is 6. The van der Waals surface area contributed by atoms with Crippen LogP contribution in [0.4, 0.5) is 11.7 Å². The predicted octanol–water partition coefficient (Wildman–Crippen LogP) is 3.97. The lowest BCUT2D eigenvalue weighted by Crippen LogP contribution is -1.96. The van der Waals surface area contributed by atoms with Crippen molar-refractivity contribution in [1.29, 1.82) is 0 Å². The molecule has 7 heteroatoms. The lowest BCUT2D eigenvalue weighted by molar-refractivity contribution is -0.384. The van der Waals surface area contributed by atoms with E-state index in [1.807, 2.05) is 0 Å². The maximum atomic E-state index is 10.7. The molecule has 1 aromatic carbocycles. The van der Waals surface area contributed by atoms with Crippen molar-refractivity contribution in [2.75, 3.05) is 5.32 Å². The minimum absolute atomic E-state index is 0.00759. The Morgan fingerprint density at radius 3 is 2.86 bits per heavy atom. The summed E-state index contributed by atoms with van der Waals surface area (Å²) in [6.07, 6.45) is 1.03. The van der Waals surface area contributed by atoms with Crippen LogP contribution in [0, 0.1) is 10.1 Å². The molecule has 0 spiro atoms. The Bertz CT molecular complexity index is 794. The highest BCUT2D eigenvalue weighted by atomic mass is 32.1. The quantitative estimate of drug-likeness (QED) is 0.569. The second-order valence-corrected chi connectivity index (χ2v) is 5.76. The number of benzene rings is 1. The number of nitrogens with one attached hydrogen (secondary N) is 1. The van der Waals surface area contributed by atoms with Crippen LogP contribution in [0.1, 0.15) is 16.7 Å². The molecule has 6 nitrogen and oxygen atoms in total. The molecule has 1 N–H and O–H groups in total. The molecule has 0 aliphatic carbocycles. The Balaban J connectivity index is 1.76. The second-order valence-electron chi connectivity index (χ2n) is 4.50. The van der Waals surface area contributed by atoms with E-state index >= 15 is 0 Å². The molecule has 0 bridgehead atoms. The fourth-order valence-electron chi connectivity index (χ4n) is 1.98. The minimum Gasteiger partial charge on any atom is -0.424 e. The molecule has 0 aliphatic heterocycles. The van der Waals surface area contributed by atoms with Crippen molar-refractivity contribution in [3.05, 3.63) is 50.2 Å². The zero-order chi connectivity index (χ0) is 14.8. The molecule has 108 valence electrons. The minimum atomic E-state index is -0.445. The van der Waals surface area contributed by atoms with Crippen molar-refractivity contribution >= 4 is 34.1 Å². The van der Waals surface area contributed by atoms with E-state index in [0.717, 1.165) is 6.42 Å². The Hall–Kier alpha value is -2.41. The van der Waals surface area contributed by atoms with Crippen LogP contribution in [0.15, 0.2) is 34.7 Å². The Morgan fingerprint density at radius 2 is 2.14 bits per heavy atom. The molecule has 0 radical (unpaired) electrons. The predicted molar refractivity (Wildman–Crippen MR) is 81.7 cm³/mol. The lowest BCUT2D eigenvalue weighted by Gasteiger charge is -1.97. The van der Waals surface area contributed by atoms with Crippen molar-refractivity contribution in [3.8, 4) is 0 Å². The highest BCUT2D eigenvalue weighted by Crippen LogP contribution is 2.24. The van der Waals surface area contributed by atoms with Crippen molar-refractivity contribution in [1.82, 2.24) is 4.98 Å². The summed E-state index contributed by atoms with van der Waals surface area (Å²) in [6.45, 7) is 2.75. The van der Waals surface area contributed by atoms with E-state index in [4.69, 9.17) is 4.42 Å². The van der Waals surface area contributed by atoms with Gasteiger partial charge in [0.25, 0.3) is 11.7 Å². The molecule has 21 heavy (non-hydrogen) atoms. The summed E-state index contributed by atoms with van der Waals surface area (Å²) in [6, 6.07) is 8.93. The van der Waals surface area contributed by atoms with Crippen molar-refractivity contribution in [2.45, 2.75) is 19.9 Å². The normalized spacial score (nSPS) is 10.9. The Morgan fingerprint density at radius 1 is 1.33 bits per heavy atom. The van der Waals surface area contributed by atoms with Crippen LogP contribution < -0.4 is 5.32 Å². The molecule has 3 rings (SSSR count). The van der Waals surface area contributed by atoms with Crippen LogP contribution in [0.2, 0.25) is 0 Å². The van der Waals surface area contributed by atoms with Crippen molar-refractivity contribution in [3.63, 3.8) is 0 Å². The Kier molecular flexibility index (Phi) is 3.57. The van der Waals surface area contributed by atoms with E-state index in [1.54, 1.807) is 17.4 Å². The lowest BCUT2D eigenvalue weighted by atomic mass is 10.3. The maximum Gasteiger partial charge on any atom is 0.295 e. The van der Waals surface area contributed by atoms with Gasteiger partial charge in [-0.1, -0.05) is 6.92 Å². The fraction of sp³-hybridized carbons (Fsp3) is 0.214. The van der Waals surface area contributed by atoms with Crippen LogP contribution in [-0.4, -0.2) is 9.91 Å². The van der Waals surface area contributed by atoms with Gasteiger partial charge < -0.3 is 9.73 Å². The number of thiophene rings is 1. The number of hydrogen-bond donors (Lipinski definition) is 1. The van der Waals surface area contributed by atoms with Crippen LogP contribution in [0.3, 0.4) is 0 Å². The average Bonchev–Trinajstić information content (AvgIpc) is 3.10. The molecule has 0 aliphatic rings. The van der Waals surface area contributed by atoms with Gasteiger partial charge in [0.05, 0.1) is 11.5 Å².